The van der Waals surface area contributed by atoms with Gasteiger partial charge in [0.1, 0.15) is 12.6 Å². The minimum Gasteiger partial charge on any atom is -0.352 e. The fourth-order valence-corrected chi connectivity index (χ4v) is 6.80. The van der Waals surface area contributed by atoms with Crippen LogP contribution in [0.1, 0.15) is 31.4 Å². The summed E-state index contributed by atoms with van der Waals surface area (Å²) in [5, 5.41) is 15.1. The van der Waals surface area contributed by atoms with Crippen LogP contribution in [0.4, 0.5) is 11.4 Å². The van der Waals surface area contributed by atoms with Gasteiger partial charge in [0, 0.05) is 46.7 Å². The van der Waals surface area contributed by atoms with E-state index in [4.69, 9.17) is 23.2 Å². The lowest BCUT2D eigenvalue weighted by Gasteiger charge is -2.34. The summed E-state index contributed by atoms with van der Waals surface area (Å²) in [6, 6.07) is 25.1. The van der Waals surface area contributed by atoms with E-state index in [0.29, 0.717) is 12.0 Å². The first-order valence-electron chi connectivity index (χ1n) is 14.8. The molecule has 47 heavy (non-hydrogen) atoms. The highest BCUT2D eigenvalue weighted by atomic mass is 35.5. The third kappa shape index (κ3) is 8.88. The van der Waals surface area contributed by atoms with Gasteiger partial charge in [0.25, 0.3) is 15.7 Å². The highest BCUT2D eigenvalue weighted by Crippen LogP contribution is 2.30. The number of nitrogens with zero attached hydrogens (tertiary/aromatic N) is 3. The van der Waals surface area contributed by atoms with Crippen LogP contribution in [0.25, 0.3) is 0 Å². The van der Waals surface area contributed by atoms with Gasteiger partial charge in [-0.15, -0.1) is 0 Å². The van der Waals surface area contributed by atoms with Crippen molar-refractivity contribution < 1.29 is 22.9 Å². The SMILES string of the molecule is CCC(C)NC(=O)C(Cc1ccccc1)N(Cc1c(Cl)cccc1Cl)C(=O)CN(c1cccc([N+](=O)[O-])c1)S(=O)(=O)c1ccccc1. The fourth-order valence-electron chi connectivity index (χ4n) is 4.86. The van der Waals surface area contributed by atoms with Crippen molar-refractivity contribution in [1.82, 2.24) is 10.2 Å². The first kappa shape index (κ1) is 35.4. The molecule has 0 radical (unpaired) electrons. The van der Waals surface area contributed by atoms with Gasteiger partial charge in [-0.05, 0) is 49.2 Å². The standard InChI is InChI=1S/C34H34Cl2N4O6S/c1-3-24(2)37-34(42)32(20-25-12-6-4-7-13-25)38(22-29-30(35)18-11-19-31(29)36)33(41)23-39(26-14-10-15-27(21-26)40(43)44)47(45,46)28-16-8-5-9-17-28/h4-19,21,24,32H,3,20,22-23H2,1-2H3,(H,37,42). The lowest BCUT2D eigenvalue weighted by atomic mass is 10.0. The smallest absolute Gasteiger partial charge is 0.271 e. The van der Waals surface area contributed by atoms with Crippen LogP contribution >= 0.6 is 23.2 Å². The van der Waals surface area contributed by atoms with Gasteiger partial charge in [0.15, 0.2) is 0 Å². The summed E-state index contributed by atoms with van der Waals surface area (Å²) in [7, 11) is -4.43. The molecule has 4 rings (SSSR count). The fraction of sp³-hybridized carbons (Fsp3) is 0.235. The van der Waals surface area contributed by atoms with E-state index in [2.05, 4.69) is 5.32 Å². The molecule has 0 fully saturated rings. The van der Waals surface area contributed by atoms with Crippen LogP contribution in [-0.4, -0.2) is 48.7 Å². The molecule has 4 aromatic carbocycles. The highest BCUT2D eigenvalue weighted by Gasteiger charge is 2.36. The Labute approximate surface area is 284 Å². The first-order chi connectivity index (χ1) is 22.4. The maximum Gasteiger partial charge on any atom is 0.271 e. The quantitative estimate of drug-likeness (QED) is 0.116. The van der Waals surface area contributed by atoms with Gasteiger partial charge < -0.3 is 10.2 Å². The normalized spacial score (nSPS) is 12.5. The molecule has 0 bridgehead atoms. The van der Waals surface area contributed by atoms with Gasteiger partial charge in [-0.1, -0.05) is 90.8 Å². The summed E-state index contributed by atoms with van der Waals surface area (Å²) >= 11 is 13.1. The number of carbonyl (C=O) groups is 2. The maximum absolute atomic E-state index is 14.6. The molecule has 0 spiro atoms. The average Bonchev–Trinajstić information content (AvgIpc) is 3.07. The topological polar surface area (TPSA) is 130 Å². The van der Waals surface area contributed by atoms with Crippen molar-refractivity contribution in [3.8, 4) is 0 Å². The number of anilines is 1. The van der Waals surface area contributed by atoms with Crippen molar-refractivity contribution in [2.24, 2.45) is 0 Å². The Bertz CT molecular complexity index is 1810. The van der Waals surface area contributed by atoms with Crippen molar-refractivity contribution in [2.45, 2.75) is 50.2 Å². The second-order valence-electron chi connectivity index (χ2n) is 10.8. The number of hydrogen-bond donors (Lipinski definition) is 1. The molecule has 0 aliphatic carbocycles. The highest BCUT2D eigenvalue weighted by molar-refractivity contribution is 7.92. The Hall–Kier alpha value is -4.45. The number of amides is 2. The van der Waals surface area contributed by atoms with Crippen LogP contribution < -0.4 is 9.62 Å². The van der Waals surface area contributed by atoms with E-state index in [-0.39, 0.29) is 45.3 Å². The predicted molar refractivity (Wildman–Crippen MR) is 183 cm³/mol. The molecule has 0 aliphatic rings. The average molecular weight is 698 g/mol. The zero-order valence-corrected chi connectivity index (χ0v) is 28.1. The van der Waals surface area contributed by atoms with Gasteiger partial charge in [-0.2, -0.15) is 0 Å². The summed E-state index contributed by atoms with van der Waals surface area (Å²) < 4.78 is 29.0. The molecule has 0 aliphatic heterocycles. The number of hydrogen-bond acceptors (Lipinski definition) is 6. The predicted octanol–water partition coefficient (Wildman–Crippen LogP) is 6.65. The number of nitro groups is 1. The van der Waals surface area contributed by atoms with E-state index in [1.807, 2.05) is 44.2 Å². The molecule has 0 saturated carbocycles. The molecule has 1 N–H and O–H groups in total. The number of benzene rings is 4. The summed E-state index contributed by atoms with van der Waals surface area (Å²) in [5.74, 6) is -1.21. The monoisotopic (exact) mass is 696 g/mol. The molecule has 2 atom stereocenters. The first-order valence-corrected chi connectivity index (χ1v) is 17.0. The summed E-state index contributed by atoms with van der Waals surface area (Å²) in [6.07, 6.45) is 0.725. The summed E-state index contributed by atoms with van der Waals surface area (Å²) in [5.41, 5.74) is 0.660. The van der Waals surface area contributed by atoms with Gasteiger partial charge in [-0.3, -0.25) is 24.0 Å². The van der Waals surface area contributed by atoms with E-state index in [1.54, 1.807) is 24.3 Å². The third-order valence-electron chi connectivity index (χ3n) is 7.60. The van der Waals surface area contributed by atoms with Gasteiger partial charge >= 0.3 is 0 Å². The lowest BCUT2D eigenvalue weighted by molar-refractivity contribution is -0.384. The number of nitrogens with one attached hydrogen (secondary N) is 1. The molecule has 0 heterocycles. The molecular formula is C34H34Cl2N4O6S. The molecule has 2 unspecified atom stereocenters. The summed E-state index contributed by atoms with van der Waals surface area (Å²) in [4.78, 5) is 40.6. The largest absolute Gasteiger partial charge is 0.352 e. The molecule has 0 saturated heterocycles. The van der Waals surface area contributed by atoms with Crippen molar-refractivity contribution in [3.05, 3.63) is 134 Å². The summed E-state index contributed by atoms with van der Waals surface area (Å²) in [6.45, 7) is 2.74. The maximum atomic E-state index is 14.6. The van der Waals surface area contributed by atoms with Crippen LogP contribution in [0.5, 0.6) is 0 Å². The minimum absolute atomic E-state index is 0.0964. The number of rotatable bonds is 14. The van der Waals surface area contributed by atoms with Gasteiger partial charge in [-0.25, -0.2) is 8.42 Å². The molecule has 10 nitrogen and oxygen atoms in total. The van der Waals surface area contributed by atoms with Crippen molar-refractivity contribution in [3.63, 3.8) is 0 Å². The second kappa shape index (κ2) is 15.9. The zero-order valence-electron chi connectivity index (χ0n) is 25.8. The molecule has 13 heteroatoms. The molecule has 0 aromatic heterocycles. The Morgan fingerprint density at radius 2 is 1.49 bits per heavy atom. The van der Waals surface area contributed by atoms with Crippen LogP contribution in [0.15, 0.2) is 108 Å². The Morgan fingerprint density at radius 3 is 2.09 bits per heavy atom. The number of sulfonamides is 1. The van der Waals surface area contributed by atoms with E-state index >= 15 is 0 Å². The van der Waals surface area contributed by atoms with Crippen molar-refractivity contribution in [2.75, 3.05) is 10.8 Å². The van der Waals surface area contributed by atoms with E-state index in [9.17, 15) is 28.1 Å². The van der Waals surface area contributed by atoms with Gasteiger partial charge in [0.2, 0.25) is 11.8 Å². The number of carbonyl (C=O) groups excluding carboxylic acids is 2. The Balaban J connectivity index is 1.86. The van der Waals surface area contributed by atoms with Crippen LogP contribution in [0, 0.1) is 10.1 Å². The third-order valence-corrected chi connectivity index (χ3v) is 10.1. The van der Waals surface area contributed by atoms with Crippen molar-refractivity contribution in [1.29, 1.82) is 0 Å². The zero-order chi connectivity index (χ0) is 34.1. The minimum atomic E-state index is -4.43. The second-order valence-corrected chi connectivity index (χ2v) is 13.5. The Morgan fingerprint density at radius 1 is 0.894 bits per heavy atom. The molecule has 246 valence electrons. The lowest BCUT2D eigenvalue weighted by Crippen LogP contribution is -2.54. The van der Waals surface area contributed by atoms with E-state index < -0.39 is 39.3 Å². The number of nitro benzene ring substituents is 1. The van der Waals surface area contributed by atoms with Crippen LogP contribution in [0.3, 0.4) is 0 Å². The van der Waals surface area contributed by atoms with Crippen LogP contribution in [-0.2, 0) is 32.6 Å². The van der Waals surface area contributed by atoms with Gasteiger partial charge in [0.05, 0.1) is 15.5 Å². The Kier molecular flexibility index (Phi) is 12.0. The molecular weight excluding hydrogens is 663 g/mol. The van der Waals surface area contributed by atoms with E-state index in [1.165, 1.54) is 47.4 Å². The number of non-ortho nitro benzene ring substituents is 1. The van der Waals surface area contributed by atoms with E-state index in [0.717, 1.165) is 15.9 Å². The van der Waals surface area contributed by atoms with Crippen molar-refractivity contribution >= 4 is 56.4 Å². The number of halogens is 2. The molecule has 2 amide bonds. The molecule has 4 aromatic rings. The van der Waals surface area contributed by atoms with Crippen LogP contribution in [0.2, 0.25) is 10.0 Å².